The van der Waals surface area contributed by atoms with Crippen molar-refractivity contribution in [2.45, 2.75) is 20.3 Å². The van der Waals surface area contributed by atoms with Gasteiger partial charge in [-0.25, -0.2) is 0 Å². The van der Waals surface area contributed by atoms with E-state index in [4.69, 9.17) is 5.73 Å². The Morgan fingerprint density at radius 1 is 1.46 bits per heavy atom. The SMILES string of the molecule is CCCN(CC)c1ccc(N)n1O. The number of aromatic nitrogens is 1. The Labute approximate surface area is 78.5 Å². The van der Waals surface area contributed by atoms with E-state index in [9.17, 15) is 5.21 Å². The van der Waals surface area contributed by atoms with Crippen LogP contribution in [0.25, 0.3) is 0 Å². The van der Waals surface area contributed by atoms with Crippen LogP contribution in [0.1, 0.15) is 20.3 Å². The van der Waals surface area contributed by atoms with E-state index in [0.29, 0.717) is 5.82 Å². The number of hydrogen-bond acceptors (Lipinski definition) is 3. The number of nitrogen functional groups attached to an aromatic ring is 1. The minimum absolute atomic E-state index is 0.379. The second kappa shape index (κ2) is 4.07. The standard InChI is InChI=1S/C9H17N3O/c1-3-7-11(4-2)9-6-5-8(10)12(9)13/h5-6,13H,3-4,7,10H2,1-2H3. The lowest BCUT2D eigenvalue weighted by Gasteiger charge is -2.21. The van der Waals surface area contributed by atoms with Crippen LogP contribution in [0.3, 0.4) is 0 Å². The first-order valence-electron chi connectivity index (χ1n) is 4.62. The maximum atomic E-state index is 9.52. The van der Waals surface area contributed by atoms with E-state index in [-0.39, 0.29) is 0 Å². The molecule has 1 rings (SSSR count). The van der Waals surface area contributed by atoms with Gasteiger partial charge in [0.2, 0.25) is 0 Å². The Kier molecular flexibility index (Phi) is 3.06. The van der Waals surface area contributed by atoms with E-state index < -0.39 is 0 Å². The van der Waals surface area contributed by atoms with Gasteiger partial charge >= 0.3 is 0 Å². The Morgan fingerprint density at radius 2 is 2.15 bits per heavy atom. The Balaban J connectivity index is 2.84. The van der Waals surface area contributed by atoms with Crippen molar-refractivity contribution in [2.75, 3.05) is 23.7 Å². The molecule has 1 aromatic rings. The third kappa shape index (κ3) is 1.88. The summed E-state index contributed by atoms with van der Waals surface area (Å²) in [6.07, 6.45) is 1.05. The highest BCUT2D eigenvalue weighted by molar-refractivity contribution is 5.49. The minimum Gasteiger partial charge on any atom is -0.425 e. The fourth-order valence-corrected chi connectivity index (χ4v) is 1.38. The van der Waals surface area contributed by atoms with Gasteiger partial charge in [0.05, 0.1) is 0 Å². The van der Waals surface area contributed by atoms with Gasteiger partial charge in [-0.2, -0.15) is 4.73 Å². The summed E-state index contributed by atoms with van der Waals surface area (Å²) in [6, 6.07) is 3.53. The summed E-state index contributed by atoms with van der Waals surface area (Å²) in [5.41, 5.74) is 5.52. The molecule has 74 valence electrons. The van der Waals surface area contributed by atoms with Gasteiger partial charge in [0.15, 0.2) is 0 Å². The summed E-state index contributed by atoms with van der Waals surface area (Å²) in [4.78, 5) is 2.08. The fraction of sp³-hybridized carbons (Fsp3) is 0.556. The van der Waals surface area contributed by atoms with Gasteiger partial charge in [-0.1, -0.05) is 6.92 Å². The van der Waals surface area contributed by atoms with Gasteiger partial charge < -0.3 is 15.8 Å². The average Bonchev–Trinajstić information content (AvgIpc) is 2.45. The lowest BCUT2D eigenvalue weighted by Crippen LogP contribution is -2.25. The Bertz CT molecular complexity index is 270. The molecule has 0 spiro atoms. The zero-order valence-electron chi connectivity index (χ0n) is 8.20. The van der Waals surface area contributed by atoms with E-state index >= 15 is 0 Å². The smallest absolute Gasteiger partial charge is 0.147 e. The molecule has 4 heteroatoms. The summed E-state index contributed by atoms with van der Waals surface area (Å²) in [7, 11) is 0. The van der Waals surface area contributed by atoms with Crippen molar-refractivity contribution >= 4 is 11.6 Å². The second-order valence-corrected chi connectivity index (χ2v) is 3.01. The predicted molar refractivity (Wildman–Crippen MR) is 54.2 cm³/mol. The van der Waals surface area contributed by atoms with Crippen molar-refractivity contribution in [3.8, 4) is 0 Å². The fourth-order valence-electron chi connectivity index (χ4n) is 1.38. The van der Waals surface area contributed by atoms with Crippen LogP contribution in [-0.4, -0.2) is 23.0 Å². The predicted octanol–water partition coefficient (Wildman–Crippen LogP) is 1.54. The van der Waals surface area contributed by atoms with E-state index in [1.807, 2.05) is 6.07 Å². The lowest BCUT2D eigenvalue weighted by molar-refractivity contribution is 0.196. The van der Waals surface area contributed by atoms with Crippen LogP contribution in [0.4, 0.5) is 11.6 Å². The maximum Gasteiger partial charge on any atom is 0.147 e. The molecular formula is C9H17N3O. The van der Waals surface area contributed by atoms with Gasteiger partial charge in [0, 0.05) is 13.1 Å². The number of hydrogen-bond donors (Lipinski definition) is 2. The number of anilines is 2. The summed E-state index contributed by atoms with van der Waals surface area (Å²) in [5.74, 6) is 1.14. The molecule has 1 heterocycles. The number of nitrogens with two attached hydrogens (primary N) is 1. The highest BCUT2D eigenvalue weighted by Gasteiger charge is 2.09. The molecule has 0 bridgehead atoms. The van der Waals surface area contributed by atoms with Crippen LogP contribution < -0.4 is 10.6 Å². The first-order valence-corrected chi connectivity index (χ1v) is 4.62. The molecule has 0 aromatic carbocycles. The van der Waals surface area contributed by atoms with E-state index in [0.717, 1.165) is 30.1 Å². The molecule has 0 aliphatic heterocycles. The largest absolute Gasteiger partial charge is 0.425 e. The molecule has 4 nitrogen and oxygen atoms in total. The molecule has 1 aromatic heterocycles. The lowest BCUT2D eigenvalue weighted by atomic mass is 10.4. The summed E-state index contributed by atoms with van der Waals surface area (Å²) in [5, 5.41) is 9.52. The van der Waals surface area contributed by atoms with E-state index in [1.165, 1.54) is 0 Å². The molecule has 0 saturated carbocycles. The zero-order chi connectivity index (χ0) is 9.84. The van der Waals surface area contributed by atoms with Crippen LogP contribution in [0.5, 0.6) is 0 Å². The Hall–Kier alpha value is -1.32. The molecule has 0 unspecified atom stereocenters. The monoisotopic (exact) mass is 183 g/mol. The van der Waals surface area contributed by atoms with Crippen molar-refractivity contribution in [2.24, 2.45) is 0 Å². The molecule has 0 fully saturated rings. The highest BCUT2D eigenvalue weighted by Crippen LogP contribution is 2.18. The molecule has 0 radical (unpaired) electrons. The van der Waals surface area contributed by atoms with Gasteiger partial charge in [0.1, 0.15) is 11.6 Å². The van der Waals surface area contributed by atoms with Gasteiger partial charge in [-0.05, 0) is 25.5 Å². The van der Waals surface area contributed by atoms with Gasteiger partial charge in [0.25, 0.3) is 0 Å². The zero-order valence-corrected chi connectivity index (χ0v) is 8.20. The van der Waals surface area contributed by atoms with Crippen molar-refractivity contribution in [3.05, 3.63) is 12.1 Å². The maximum absolute atomic E-state index is 9.52. The molecule has 3 N–H and O–H groups in total. The number of nitrogens with zero attached hydrogens (tertiary/aromatic N) is 2. The van der Waals surface area contributed by atoms with Crippen LogP contribution in [0.2, 0.25) is 0 Å². The summed E-state index contributed by atoms with van der Waals surface area (Å²) in [6.45, 7) is 5.97. The van der Waals surface area contributed by atoms with Crippen LogP contribution >= 0.6 is 0 Å². The molecule has 0 atom stereocenters. The molecular weight excluding hydrogens is 166 g/mol. The molecule has 0 saturated heterocycles. The van der Waals surface area contributed by atoms with Crippen LogP contribution in [0, 0.1) is 0 Å². The Morgan fingerprint density at radius 3 is 2.54 bits per heavy atom. The van der Waals surface area contributed by atoms with Gasteiger partial charge in [-0.3, -0.25) is 0 Å². The third-order valence-electron chi connectivity index (χ3n) is 2.06. The summed E-state index contributed by atoms with van der Waals surface area (Å²) < 4.78 is 1.03. The first kappa shape index (κ1) is 9.77. The topological polar surface area (TPSA) is 54.4 Å². The van der Waals surface area contributed by atoms with E-state index in [2.05, 4.69) is 18.7 Å². The van der Waals surface area contributed by atoms with Crippen LogP contribution in [-0.2, 0) is 0 Å². The van der Waals surface area contributed by atoms with Crippen molar-refractivity contribution < 1.29 is 5.21 Å². The van der Waals surface area contributed by atoms with Crippen molar-refractivity contribution in [1.82, 2.24) is 4.73 Å². The molecule has 13 heavy (non-hydrogen) atoms. The second-order valence-electron chi connectivity index (χ2n) is 3.01. The van der Waals surface area contributed by atoms with Crippen molar-refractivity contribution in [1.29, 1.82) is 0 Å². The van der Waals surface area contributed by atoms with Gasteiger partial charge in [-0.15, -0.1) is 0 Å². The molecule has 0 amide bonds. The normalized spacial score (nSPS) is 10.3. The molecule has 0 aliphatic carbocycles. The average molecular weight is 183 g/mol. The minimum atomic E-state index is 0.379. The summed E-state index contributed by atoms with van der Waals surface area (Å²) >= 11 is 0. The van der Waals surface area contributed by atoms with Crippen LogP contribution in [0.15, 0.2) is 12.1 Å². The molecule has 0 aliphatic rings. The first-order chi connectivity index (χ1) is 6.20. The van der Waals surface area contributed by atoms with E-state index in [1.54, 1.807) is 6.07 Å². The number of rotatable bonds is 4. The highest BCUT2D eigenvalue weighted by atomic mass is 16.5. The third-order valence-corrected chi connectivity index (χ3v) is 2.06. The van der Waals surface area contributed by atoms with Crippen molar-refractivity contribution in [3.63, 3.8) is 0 Å². The quantitative estimate of drug-likeness (QED) is 0.696.